The molecule has 17 heavy (non-hydrogen) atoms. The Bertz CT molecular complexity index is 286. The molecule has 0 radical (unpaired) electrons. The molecule has 0 aliphatic carbocycles. The Morgan fingerprint density at radius 1 is 1.59 bits per heavy atom. The van der Waals surface area contributed by atoms with Crippen LogP contribution in [0.5, 0.6) is 0 Å². The molecule has 98 valence electrons. The van der Waals surface area contributed by atoms with Gasteiger partial charge in [-0.15, -0.1) is 0 Å². The molecule has 1 rings (SSSR count). The first-order valence-electron chi connectivity index (χ1n) is 5.86. The van der Waals surface area contributed by atoms with E-state index in [0.29, 0.717) is 25.4 Å². The minimum Gasteiger partial charge on any atom is -0.375 e. The number of carbonyl (C=O) groups excluding carboxylic acids is 2. The minimum atomic E-state index is -0.536. The van der Waals surface area contributed by atoms with Gasteiger partial charge in [-0.2, -0.15) is 12.6 Å². The summed E-state index contributed by atoms with van der Waals surface area (Å²) in [5.41, 5.74) is 0. The van der Waals surface area contributed by atoms with Crippen LogP contribution in [-0.2, 0) is 14.3 Å². The highest BCUT2D eigenvalue weighted by atomic mass is 32.1. The van der Waals surface area contributed by atoms with Crippen LogP contribution in [0, 0.1) is 0 Å². The lowest BCUT2D eigenvalue weighted by molar-refractivity contribution is -0.142. The van der Waals surface area contributed by atoms with Gasteiger partial charge in [-0.05, 0) is 6.42 Å². The van der Waals surface area contributed by atoms with Crippen LogP contribution in [0.1, 0.15) is 20.3 Å². The maximum atomic E-state index is 12.1. The molecule has 2 atom stereocenters. The van der Waals surface area contributed by atoms with E-state index in [2.05, 4.69) is 17.9 Å². The van der Waals surface area contributed by atoms with Crippen molar-refractivity contribution in [3.8, 4) is 0 Å². The fourth-order valence-electron chi connectivity index (χ4n) is 1.82. The monoisotopic (exact) mass is 260 g/mol. The number of morpholine rings is 1. The summed E-state index contributed by atoms with van der Waals surface area (Å²) in [6, 6.07) is -0.536. The molecule has 0 saturated carbocycles. The zero-order valence-corrected chi connectivity index (χ0v) is 11.2. The molecule has 1 aliphatic rings. The first kappa shape index (κ1) is 14.3. The number of carbonyl (C=O) groups is 2. The highest BCUT2D eigenvalue weighted by molar-refractivity contribution is 7.80. The summed E-state index contributed by atoms with van der Waals surface area (Å²) in [7, 11) is 0. The van der Waals surface area contributed by atoms with E-state index in [1.54, 1.807) is 4.90 Å². The highest BCUT2D eigenvalue weighted by Crippen LogP contribution is 2.10. The molecule has 6 heteroatoms. The van der Waals surface area contributed by atoms with Crippen LogP contribution < -0.4 is 5.32 Å². The second-order valence-corrected chi connectivity index (χ2v) is 4.49. The predicted octanol–water partition coefficient (Wildman–Crippen LogP) is 0.0583. The lowest BCUT2D eigenvalue weighted by Gasteiger charge is -2.34. The Balaban J connectivity index is 2.57. The fraction of sp³-hybridized carbons (Fsp3) is 0.818. The van der Waals surface area contributed by atoms with Gasteiger partial charge in [0.05, 0.1) is 12.7 Å². The van der Waals surface area contributed by atoms with E-state index in [4.69, 9.17) is 4.74 Å². The number of hydrogen-bond donors (Lipinski definition) is 2. The van der Waals surface area contributed by atoms with Crippen LogP contribution in [0.15, 0.2) is 0 Å². The van der Waals surface area contributed by atoms with Crippen molar-refractivity contribution < 1.29 is 14.3 Å². The van der Waals surface area contributed by atoms with Crippen LogP contribution in [-0.4, -0.2) is 54.3 Å². The zero-order valence-electron chi connectivity index (χ0n) is 10.3. The van der Waals surface area contributed by atoms with Crippen LogP contribution in [0.2, 0.25) is 0 Å². The van der Waals surface area contributed by atoms with Crippen molar-refractivity contribution in [2.45, 2.75) is 32.4 Å². The van der Waals surface area contributed by atoms with Crippen LogP contribution in [0.3, 0.4) is 0 Å². The predicted molar refractivity (Wildman–Crippen MR) is 68.1 cm³/mol. The molecule has 1 heterocycles. The third kappa shape index (κ3) is 4.20. The Kier molecular flexibility index (Phi) is 5.77. The van der Waals surface area contributed by atoms with E-state index in [1.165, 1.54) is 6.92 Å². The van der Waals surface area contributed by atoms with Crippen molar-refractivity contribution in [3.63, 3.8) is 0 Å². The molecule has 1 saturated heterocycles. The van der Waals surface area contributed by atoms with Crippen LogP contribution >= 0.6 is 12.6 Å². The fourth-order valence-corrected chi connectivity index (χ4v) is 2.07. The number of hydrogen-bond acceptors (Lipinski definition) is 4. The molecule has 1 aliphatic heterocycles. The lowest BCUT2D eigenvalue weighted by atomic mass is 10.2. The number of amides is 2. The van der Waals surface area contributed by atoms with E-state index in [1.807, 2.05) is 6.92 Å². The average Bonchev–Trinajstić information content (AvgIpc) is 2.35. The minimum absolute atomic E-state index is 0.0723. The second kappa shape index (κ2) is 6.86. The van der Waals surface area contributed by atoms with Gasteiger partial charge in [-0.1, -0.05) is 6.92 Å². The molecule has 2 unspecified atom stereocenters. The zero-order chi connectivity index (χ0) is 12.8. The van der Waals surface area contributed by atoms with Crippen molar-refractivity contribution in [2.24, 2.45) is 0 Å². The van der Waals surface area contributed by atoms with Gasteiger partial charge >= 0.3 is 0 Å². The summed E-state index contributed by atoms with van der Waals surface area (Å²) in [5.74, 6) is 0.0293. The first-order chi connectivity index (χ1) is 8.08. The molecular weight excluding hydrogens is 240 g/mol. The second-order valence-electron chi connectivity index (χ2n) is 4.12. The van der Waals surface area contributed by atoms with Crippen LogP contribution in [0.4, 0.5) is 0 Å². The van der Waals surface area contributed by atoms with Crippen molar-refractivity contribution in [1.29, 1.82) is 0 Å². The van der Waals surface area contributed by atoms with Gasteiger partial charge in [0.15, 0.2) is 0 Å². The molecule has 0 bridgehead atoms. The topological polar surface area (TPSA) is 58.6 Å². The van der Waals surface area contributed by atoms with Gasteiger partial charge < -0.3 is 15.0 Å². The van der Waals surface area contributed by atoms with E-state index >= 15 is 0 Å². The number of nitrogens with zero attached hydrogens (tertiary/aromatic N) is 1. The van der Waals surface area contributed by atoms with Crippen molar-refractivity contribution in [1.82, 2.24) is 10.2 Å². The number of thiol groups is 1. The van der Waals surface area contributed by atoms with Crippen molar-refractivity contribution in [3.05, 3.63) is 0 Å². The molecule has 0 aromatic carbocycles. The summed E-state index contributed by atoms with van der Waals surface area (Å²) in [6.07, 6.45) is 0.987. The summed E-state index contributed by atoms with van der Waals surface area (Å²) in [5, 5.41) is 2.61. The quantitative estimate of drug-likeness (QED) is 0.703. The molecule has 0 aromatic heterocycles. The molecule has 0 aromatic rings. The molecule has 1 N–H and O–H groups in total. The summed E-state index contributed by atoms with van der Waals surface area (Å²) < 4.78 is 5.50. The maximum absolute atomic E-state index is 12.1. The lowest BCUT2D eigenvalue weighted by Crippen LogP contribution is -2.54. The van der Waals surface area contributed by atoms with Gasteiger partial charge in [0, 0.05) is 25.8 Å². The molecule has 2 amide bonds. The summed E-state index contributed by atoms with van der Waals surface area (Å²) >= 11 is 4.10. The van der Waals surface area contributed by atoms with Gasteiger partial charge in [-0.25, -0.2) is 0 Å². The van der Waals surface area contributed by atoms with Gasteiger partial charge in [0.2, 0.25) is 11.8 Å². The molecule has 0 spiro atoms. The van der Waals surface area contributed by atoms with Crippen LogP contribution in [0.25, 0.3) is 0 Å². The van der Waals surface area contributed by atoms with Gasteiger partial charge in [-0.3, -0.25) is 9.59 Å². The third-order valence-corrected chi connectivity index (χ3v) is 3.13. The smallest absolute Gasteiger partial charge is 0.246 e. The largest absolute Gasteiger partial charge is 0.375 e. The molecule has 1 fully saturated rings. The Morgan fingerprint density at radius 3 is 2.82 bits per heavy atom. The maximum Gasteiger partial charge on any atom is 0.246 e. The third-order valence-electron chi connectivity index (χ3n) is 2.76. The Morgan fingerprint density at radius 2 is 2.29 bits per heavy atom. The standard InChI is InChI=1S/C11H20N2O3S/c1-3-9-6-13(4-5-16-9)11(15)10(7-17)12-8(2)14/h9-10,17H,3-7H2,1-2H3,(H,12,14). The van der Waals surface area contributed by atoms with Crippen molar-refractivity contribution >= 4 is 24.4 Å². The number of ether oxygens (including phenoxy) is 1. The van der Waals surface area contributed by atoms with E-state index in [0.717, 1.165) is 6.42 Å². The Hall–Kier alpha value is -0.750. The number of rotatable bonds is 4. The van der Waals surface area contributed by atoms with E-state index in [9.17, 15) is 9.59 Å². The van der Waals surface area contributed by atoms with E-state index in [-0.39, 0.29) is 17.9 Å². The summed E-state index contributed by atoms with van der Waals surface area (Å²) in [4.78, 5) is 24.9. The molecular formula is C11H20N2O3S. The SMILES string of the molecule is CCC1CN(C(=O)C(CS)NC(C)=O)CCO1. The van der Waals surface area contributed by atoms with E-state index < -0.39 is 6.04 Å². The first-order valence-corrected chi connectivity index (χ1v) is 6.50. The molecule has 5 nitrogen and oxygen atoms in total. The Labute approximate surface area is 107 Å². The summed E-state index contributed by atoms with van der Waals surface area (Å²) in [6.45, 7) is 5.17. The normalized spacial score (nSPS) is 22.1. The average molecular weight is 260 g/mol. The van der Waals surface area contributed by atoms with Gasteiger partial charge in [0.25, 0.3) is 0 Å². The highest BCUT2D eigenvalue weighted by Gasteiger charge is 2.28. The van der Waals surface area contributed by atoms with Gasteiger partial charge in [0.1, 0.15) is 6.04 Å². The number of nitrogens with one attached hydrogen (secondary N) is 1. The van der Waals surface area contributed by atoms with Crippen molar-refractivity contribution in [2.75, 3.05) is 25.4 Å².